The van der Waals surface area contributed by atoms with E-state index in [0.717, 1.165) is 17.6 Å². The lowest BCUT2D eigenvalue weighted by Crippen LogP contribution is -2.09. The molecule has 0 radical (unpaired) electrons. The van der Waals surface area contributed by atoms with Gasteiger partial charge in [0.05, 0.1) is 5.75 Å². The zero-order valence-electron chi connectivity index (χ0n) is 9.51. The van der Waals surface area contributed by atoms with Crippen LogP contribution in [0, 0.1) is 0 Å². The summed E-state index contributed by atoms with van der Waals surface area (Å²) in [5.41, 5.74) is 0. The van der Waals surface area contributed by atoms with E-state index in [0.29, 0.717) is 11.7 Å². The second-order valence-corrected chi connectivity index (χ2v) is 4.09. The van der Waals surface area contributed by atoms with E-state index >= 15 is 0 Å². The molecule has 1 atom stereocenters. The molecule has 0 aromatic carbocycles. The third-order valence-electron chi connectivity index (χ3n) is 2.10. The summed E-state index contributed by atoms with van der Waals surface area (Å²) >= 11 is 1.16. The van der Waals surface area contributed by atoms with E-state index in [2.05, 4.69) is 10.2 Å². The maximum atomic E-state index is 10.5. The van der Waals surface area contributed by atoms with Gasteiger partial charge in [-0.15, -0.1) is 10.2 Å². The Morgan fingerprint density at radius 1 is 1.62 bits per heavy atom. The SMILES string of the molecule is CCn1c(SCC(=O)O)nnc1C(C)OC. The summed E-state index contributed by atoms with van der Waals surface area (Å²) in [5, 5.41) is 17.2. The fourth-order valence-electron chi connectivity index (χ4n) is 1.24. The van der Waals surface area contributed by atoms with E-state index in [-0.39, 0.29) is 11.9 Å². The first-order chi connectivity index (χ1) is 7.60. The van der Waals surface area contributed by atoms with E-state index in [1.165, 1.54) is 0 Å². The second kappa shape index (κ2) is 5.86. The number of methoxy groups -OCH3 is 1. The topological polar surface area (TPSA) is 77.2 Å². The Hall–Kier alpha value is -1.08. The molecule has 0 bridgehead atoms. The maximum absolute atomic E-state index is 10.5. The van der Waals surface area contributed by atoms with Crippen LogP contribution in [0.1, 0.15) is 25.8 Å². The molecule has 1 heterocycles. The summed E-state index contributed by atoms with van der Waals surface area (Å²) in [5.74, 6) is -0.158. The molecule has 0 fully saturated rings. The molecule has 0 amide bonds. The molecule has 1 N–H and O–H groups in total. The van der Waals surface area contributed by atoms with E-state index in [1.807, 2.05) is 18.4 Å². The van der Waals surface area contributed by atoms with Crippen LogP contribution in [0.2, 0.25) is 0 Å². The highest BCUT2D eigenvalue weighted by molar-refractivity contribution is 7.99. The zero-order valence-corrected chi connectivity index (χ0v) is 10.3. The standard InChI is InChI=1S/C9H15N3O3S/c1-4-12-8(6(2)15-3)10-11-9(12)16-5-7(13)14/h6H,4-5H2,1-3H3,(H,13,14). The van der Waals surface area contributed by atoms with Crippen molar-refractivity contribution in [3.05, 3.63) is 5.82 Å². The molecule has 0 spiro atoms. The number of rotatable bonds is 6. The lowest BCUT2D eigenvalue weighted by molar-refractivity contribution is -0.133. The van der Waals surface area contributed by atoms with Crippen LogP contribution in [0.4, 0.5) is 0 Å². The van der Waals surface area contributed by atoms with Crippen molar-refractivity contribution in [3.8, 4) is 0 Å². The highest BCUT2D eigenvalue weighted by atomic mass is 32.2. The Morgan fingerprint density at radius 3 is 2.81 bits per heavy atom. The number of hydrogen-bond acceptors (Lipinski definition) is 5. The third-order valence-corrected chi connectivity index (χ3v) is 3.06. The average molecular weight is 245 g/mol. The lowest BCUT2D eigenvalue weighted by atomic mass is 10.4. The van der Waals surface area contributed by atoms with Crippen LogP contribution in [-0.2, 0) is 16.1 Å². The van der Waals surface area contributed by atoms with Crippen LogP contribution < -0.4 is 0 Å². The Morgan fingerprint density at radius 2 is 2.31 bits per heavy atom. The van der Waals surface area contributed by atoms with Crippen molar-refractivity contribution in [2.24, 2.45) is 0 Å². The van der Waals surface area contributed by atoms with E-state index < -0.39 is 5.97 Å². The second-order valence-electron chi connectivity index (χ2n) is 3.15. The number of aromatic nitrogens is 3. The molecule has 16 heavy (non-hydrogen) atoms. The molecule has 0 aliphatic heterocycles. The van der Waals surface area contributed by atoms with Gasteiger partial charge in [0.15, 0.2) is 11.0 Å². The van der Waals surface area contributed by atoms with Gasteiger partial charge in [-0.25, -0.2) is 0 Å². The fraction of sp³-hybridized carbons (Fsp3) is 0.667. The number of carboxylic acid groups (broad SMARTS) is 1. The molecular formula is C9H15N3O3S. The number of carbonyl (C=O) groups is 1. The fourth-order valence-corrected chi connectivity index (χ4v) is 1.97. The van der Waals surface area contributed by atoms with Gasteiger partial charge in [-0.1, -0.05) is 11.8 Å². The number of hydrogen-bond donors (Lipinski definition) is 1. The van der Waals surface area contributed by atoms with Crippen LogP contribution in [0.25, 0.3) is 0 Å². The minimum absolute atomic E-state index is 0.0144. The van der Waals surface area contributed by atoms with Gasteiger partial charge in [-0.3, -0.25) is 4.79 Å². The van der Waals surface area contributed by atoms with Gasteiger partial charge in [0, 0.05) is 13.7 Å². The van der Waals surface area contributed by atoms with Crippen LogP contribution in [0.5, 0.6) is 0 Å². The van der Waals surface area contributed by atoms with E-state index in [9.17, 15) is 4.79 Å². The molecule has 0 aliphatic carbocycles. The predicted octanol–water partition coefficient (Wildman–Crippen LogP) is 1.18. The summed E-state index contributed by atoms with van der Waals surface area (Å²) in [6.07, 6.45) is -0.147. The quantitative estimate of drug-likeness (QED) is 0.758. The Balaban J connectivity index is 2.85. The molecule has 7 heteroatoms. The van der Waals surface area contributed by atoms with Crippen molar-refractivity contribution in [1.82, 2.24) is 14.8 Å². The van der Waals surface area contributed by atoms with Crippen molar-refractivity contribution in [2.45, 2.75) is 31.7 Å². The maximum Gasteiger partial charge on any atom is 0.313 e. The number of nitrogens with zero attached hydrogens (tertiary/aromatic N) is 3. The zero-order chi connectivity index (χ0) is 12.1. The largest absolute Gasteiger partial charge is 0.481 e. The minimum Gasteiger partial charge on any atom is -0.481 e. The van der Waals surface area contributed by atoms with Crippen LogP contribution in [0.15, 0.2) is 5.16 Å². The van der Waals surface area contributed by atoms with Gasteiger partial charge in [-0.2, -0.15) is 0 Å². The Labute approximate surface area is 98.0 Å². The van der Waals surface area contributed by atoms with Crippen molar-refractivity contribution < 1.29 is 14.6 Å². The van der Waals surface area contributed by atoms with Gasteiger partial charge >= 0.3 is 5.97 Å². The molecule has 1 unspecified atom stereocenters. The molecular weight excluding hydrogens is 230 g/mol. The summed E-state index contributed by atoms with van der Waals surface area (Å²) in [4.78, 5) is 10.5. The van der Waals surface area contributed by atoms with Gasteiger partial charge in [0.25, 0.3) is 0 Å². The minimum atomic E-state index is -0.864. The third kappa shape index (κ3) is 2.96. The molecule has 0 aliphatic rings. The van der Waals surface area contributed by atoms with Gasteiger partial charge in [0.2, 0.25) is 0 Å². The Kier molecular flexibility index (Phi) is 4.75. The van der Waals surface area contributed by atoms with Crippen LogP contribution in [0.3, 0.4) is 0 Å². The smallest absolute Gasteiger partial charge is 0.313 e. The van der Waals surface area contributed by atoms with Crippen molar-refractivity contribution >= 4 is 17.7 Å². The summed E-state index contributed by atoms with van der Waals surface area (Å²) in [6, 6.07) is 0. The molecule has 1 aromatic rings. The van der Waals surface area contributed by atoms with Gasteiger partial charge < -0.3 is 14.4 Å². The van der Waals surface area contributed by atoms with E-state index in [4.69, 9.17) is 9.84 Å². The molecule has 0 saturated carbocycles. The highest BCUT2D eigenvalue weighted by Gasteiger charge is 2.17. The highest BCUT2D eigenvalue weighted by Crippen LogP contribution is 2.21. The predicted molar refractivity (Wildman–Crippen MR) is 59.5 cm³/mol. The summed E-state index contributed by atoms with van der Waals surface area (Å²) in [6.45, 7) is 4.53. The van der Waals surface area contributed by atoms with Crippen LogP contribution >= 0.6 is 11.8 Å². The first kappa shape index (κ1) is 13.0. The molecule has 0 saturated heterocycles. The first-order valence-corrected chi connectivity index (χ1v) is 5.89. The normalized spacial score (nSPS) is 12.7. The molecule has 6 nitrogen and oxygen atoms in total. The summed E-state index contributed by atoms with van der Waals surface area (Å²) < 4.78 is 7.03. The summed E-state index contributed by atoms with van der Waals surface area (Å²) in [7, 11) is 1.60. The van der Waals surface area contributed by atoms with Crippen molar-refractivity contribution in [1.29, 1.82) is 0 Å². The molecule has 90 valence electrons. The van der Waals surface area contributed by atoms with E-state index in [1.54, 1.807) is 7.11 Å². The number of thioether (sulfide) groups is 1. The number of carboxylic acids is 1. The number of ether oxygens (including phenoxy) is 1. The van der Waals surface area contributed by atoms with Crippen LogP contribution in [-0.4, -0.2) is 38.7 Å². The lowest BCUT2D eigenvalue weighted by Gasteiger charge is -2.11. The molecule has 1 rings (SSSR count). The number of aliphatic carboxylic acids is 1. The van der Waals surface area contributed by atoms with Crippen molar-refractivity contribution in [2.75, 3.05) is 12.9 Å². The van der Waals surface area contributed by atoms with Gasteiger partial charge in [-0.05, 0) is 13.8 Å². The average Bonchev–Trinajstić information content (AvgIpc) is 2.67. The molecule has 1 aromatic heterocycles. The van der Waals surface area contributed by atoms with Gasteiger partial charge in [0.1, 0.15) is 6.10 Å². The monoisotopic (exact) mass is 245 g/mol. The Bertz CT molecular complexity index is 367. The van der Waals surface area contributed by atoms with Crippen molar-refractivity contribution in [3.63, 3.8) is 0 Å². The first-order valence-electron chi connectivity index (χ1n) is 4.90.